The first-order valence-electron chi connectivity index (χ1n) is 8.54. The second-order valence-electron chi connectivity index (χ2n) is 6.35. The Morgan fingerprint density at radius 1 is 1.10 bits per heavy atom. The third kappa shape index (κ3) is 5.31. The molecule has 1 aliphatic rings. The van der Waals surface area contributed by atoms with Gasteiger partial charge in [-0.2, -0.15) is 0 Å². The van der Waals surface area contributed by atoms with Gasteiger partial charge in [0.05, 0.1) is 12.2 Å². The molecule has 1 aromatic heterocycles. The van der Waals surface area contributed by atoms with Crippen LogP contribution in [0.15, 0.2) is 18.3 Å². The molecule has 0 spiro atoms. The molecule has 0 amide bonds. The third-order valence-electron chi connectivity index (χ3n) is 4.12. The topological polar surface area (TPSA) is 25.4 Å². The van der Waals surface area contributed by atoms with Crippen LogP contribution in [0.1, 0.15) is 58.4 Å². The van der Waals surface area contributed by atoms with E-state index in [1.165, 1.54) is 37.7 Å². The number of unbranched alkanes of at least 4 members (excludes halogenated alkanes) is 4. The normalized spacial score (nSPS) is 22.5. The van der Waals surface area contributed by atoms with Gasteiger partial charge in [0.15, 0.2) is 0 Å². The van der Waals surface area contributed by atoms with Crippen molar-refractivity contribution in [2.24, 2.45) is 0 Å². The first-order valence-corrected chi connectivity index (χ1v) is 8.54. The van der Waals surface area contributed by atoms with Gasteiger partial charge in [0, 0.05) is 19.3 Å². The maximum Gasteiger partial charge on any atom is 0.128 e. The van der Waals surface area contributed by atoms with Crippen molar-refractivity contribution in [3.8, 4) is 0 Å². The van der Waals surface area contributed by atoms with Gasteiger partial charge in [-0.05, 0) is 38.3 Å². The fourth-order valence-corrected chi connectivity index (χ4v) is 3.05. The Labute approximate surface area is 129 Å². The molecule has 118 valence electrons. The lowest BCUT2D eigenvalue weighted by molar-refractivity contribution is -0.00545. The van der Waals surface area contributed by atoms with Gasteiger partial charge in [-0.25, -0.2) is 4.98 Å². The van der Waals surface area contributed by atoms with Gasteiger partial charge in [0.2, 0.25) is 0 Å². The lowest BCUT2D eigenvalue weighted by Gasteiger charge is -2.36. The van der Waals surface area contributed by atoms with Crippen molar-refractivity contribution in [1.82, 2.24) is 4.98 Å². The number of aryl methyl sites for hydroxylation is 1. The van der Waals surface area contributed by atoms with Gasteiger partial charge in [0.25, 0.3) is 0 Å². The van der Waals surface area contributed by atoms with Crippen LogP contribution >= 0.6 is 0 Å². The Kier molecular flexibility index (Phi) is 6.50. The molecular formula is C18H30N2O. The van der Waals surface area contributed by atoms with E-state index in [1.54, 1.807) is 0 Å². The van der Waals surface area contributed by atoms with Gasteiger partial charge in [-0.3, -0.25) is 0 Å². The zero-order valence-electron chi connectivity index (χ0n) is 13.8. The Balaban J connectivity index is 1.81. The van der Waals surface area contributed by atoms with Gasteiger partial charge in [0.1, 0.15) is 5.82 Å². The van der Waals surface area contributed by atoms with Crippen molar-refractivity contribution >= 4 is 5.82 Å². The van der Waals surface area contributed by atoms with Crippen molar-refractivity contribution in [2.75, 3.05) is 18.0 Å². The van der Waals surface area contributed by atoms with E-state index in [0.29, 0.717) is 0 Å². The third-order valence-corrected chi connectivity index (χ3v) is 4.12. The highest BCUT2D eigenvalue weighted by Gasteiger charge is 2.22. The summed E-state index contributed by atoms with van der Waals surface area (Å²) in [7, 11) is 0. The molecule has 3 heteroatoms. The molecule has 0 N–H and O–H groups in total. The van der Waals surface area contributed by atoms with Crippen LogP contribution in [0.5, 0.6) is 0 Å². The van der Waals surface area contributed by atoms with Crippen LogP contribution in [0.4, 0.5) is 5.82 Å². The highest BCUT2D eigenvalue weighted by atomic mass is 16.5. The average molecular weight is 290 g/mol. The number of pyridine rings is 1. The molecule has 0 radical (unpaired) electrons. The van der Waals surface area contributed by atoms with Crippen LogP contribution in [-0.4, -0.2) is 30.3 Å². The number of hydrogen-bond donors (Lipinski definition) is 0. The van der Waals surface area contributed by atoms with Crippen LogP contribution in [-0.2, 0) is 11.2 Å². The predicted octanol–water partition coefficient (Wildman–Crippen LogP) is 4.21. The number of hydrogen-bond acceptors (Lipinski definition) is 3. The molecule has 1 aliphatic heterocycles. The molecule has 2 rings (SSSR count). The summed E-state index contributed by atoms with van der Waals surface area (Å²) < 4.78 is 5.78. The summed E-state index contributed by atoms with van der Waals surface area (Å²) in [5.41, 5.74) is 1.37. The minimum absolute atomic E-state index is 0.286. The van der Waals surface area contributed by atoms with E-state index in [4.69, 9.17) is 4.74 Å². The number of aromatic nitrogens is 1. The van der Waals surface area contributed by atoms with E-state index in [1.807, 2.05) is 0 Å². The molecule has 0 aromatic carbocycles. The van der Waals surface area contributed by atoms with Crippen LogP contribution in [0, 0.1) is 0 Å². The molecule has 3 nitrogen and oxygen atoms in total. The monoisotopic (exact) mass is 290 g/mol. The summed E-state index contributed by atoms with van der Waals surface area (Å²) in [4.78, 5) is 6.99. The molecule has 0 aliphatic carbocycles. The highest BCUT2D eigenvalue weighted by Crippen LogP contribution is 2.19. The number of anilines is 1. The quantitative estimate of drug-likeness (QED) is 0.703. The van der Waals surface area contributed by atoms with E-state index < -0.39 is 0 Å². The minimum atomic E-state index is 0.286. The number of nitrogens with zero attached hydrogens (tertiary/aromatic N) is 2. The standard InChI is InChI=1S/C18H30N2O/c1-4-5-6-7-8-9-17-10-11-18(19-12-17)20-13-15(2)21-16(3)14-20/h10-12,15-16H,4-9,13-14H2,1-3H3/t15-,16-/m1/s1. The van der Waals surface area contributed by atoms with E-state index in [2.05, 4.69) is 49.0 Å². The van der Waals surface area contributed by atoms with E-state index in [9.17, 15) is 0 Å². The maximum atomic E-state index is 5.78. The zero-order chi connectivity index (χ0) is 15.1. The summed E-state index contributed by atoms with van der Waals surface area (Å²) in [6.45, 7) is 8.40. The fraction of sp³-hybridized carbons (Fsp3) is 0.722. The summed E-state index contributed by atoms with van der Waals surface area (Å²) in [6.07, 6.45) is 10.5. The maximum absolute atomic E-state index is 5.78. The average Bonchev–Trinajstić information content (AvgIpc) is 2.47. The summed E-state index contributed by atoms with van der Waals surface area (Å²) in [6, 6.07) is 4.42. The van der Waals surface area contributed by atoms with Crippen LogP contribution in [0.25, 0.3) is 0 Å². The van der Waals surface area contributed by atoms with Gasteiger partial charge < -0.3 is 9.64 Å². The molecule has 2 atom stereocenters. The Morgan fingerprint density at radius 3 is 2.43 bits per heavy atom. The number of ether oxygens (including phenoxy) is 1. The molecule has 21 heavy (non-hydrogen) atoms. The van der Waals surface area contributed by atoms with Crippen molar-refractivity contribution < 1.29 is 4.74 Å². The molecule has 0 bridgehead atoms. The van der Waals surface area contributed by atoms with Gasteiger partial charge >= 0.3 is 0 Å². The Hall–Kier alpha value is -1.09. The molecule has 1 saturated heterocycles. The van der Waals surface area contributed by atoms with E-state index >= 15 is 0 Å². The lowest BCUT2D eigenvalue weighted by atomic mass is 10.1. The lowest BCUT2D eigenvalue weighted by Crippen LogP contribution is -2.45. The molecule has 2 heterocycles. The first kappa shape index (κ1) is 16.3. The molecule has 0 saturated carbocycles. The Bertz CT molecular complexity index is 394. The van der Waals surface area contributed by atoms with E-state index in [0.717, 1.165) is 25.3 Å². The van der Waals surface area contributed by atoms with Gasteiger partial charge in [-0.15, -0.1) is 0 Å². The second-order valence-corrected chi connectivity index (χ2v) is 6.35. The van der Waals surface area contributed by atoms with Crippen LogP contribution < -0.4 is 4.90 Å². The summed E-state index contributed by atoms with van der Waals surface area (Å²) in [5.74, 6) is 1.09. The van der Waals surface area contributed by atoms with Crippen LogP contribution in [0.2, 0.25) is 0 Å². The van der Waals surface area contributed by atoms with Crippen molar-refractivity contribution in [3.63, 3.8) is 0 Å². The van der Waals surface area contributed by atoms with Crippen molar-refractivity contribution in [2.45, 2.75) is 71.5 Å². The molecule has 1 aromatic rings. The van der Waals surface area contributed by atoms with Gasteiger partial charge in [-0.1, -0.05) is 38.7 Å². The van der Waals surface area contributed by atoms with E-state index in [-0.39, 0.29) is 12.2 Å². The second kappa shape index (κ2) is 8.38. The van der Waals surface area contributed by atoms with Crippen LogP contribution in [0.3, 0.4) is 0 Å². The number of morpholine rings is 1. The number of rotatable bonds is 7. The predicted molar refractivity (Wildman–Crippen MR) is 88.9 cm³/mol. The molecular weight excluding hydrogens is 260 g/mol. The molecule has 1 fully saturated rings. The summed E-state index contributed by atoms with van der Waals surface area (Å²) in [5, 5.41) is 0. The fourth-order valence-electron chi connectivity index (χ4n) is 3.05. The van der Waals surface area contributed by atoms with Crippen molar-refractivity contribution in [3.05, 3.63) is 23.9 Å². The highest BCUT2D eigenvalue weighted by molar-refractivity contribution is 5.40. The first-order chi connectivity index (χ1) is 10.2. The minimum Gasteiger partial charge on any atom is -0.372 e. The largest absolute Gasteiger partial charge is 0.372 e. The Morgan fingerprint density at radius 2 is 1.81 bits per heavy atom. The smallest absolute Gasteiger partial charge is 0.128 e. The van der Waals surface area contributed by atoms with Crippen molar-refractivity contribution in [1.29, 1.82) is 0 Å². The molecule has 0 unspecified atom stereocenters. The summed E-state index contributed by atoms with van der Waals surface area (Å²) >= 11 is 0. The SMILES string of the molecule is CCCCCCCc1ccc(N2C[C@@H](C)O[C@H](C)C2)nc1. The zero-order valence-corrected chi connectivity index (χ0v) is 13.8.